The van der Waals surface area contributed by atoms with E-state index in [1.165, 1.54) is 25.9 Å². The number of anilines is 1. The smallest absolute Gasteiger partial charge is 0.224 e. The van der Waals surface area contributed by atoms with Crippen LogP contribution in [0.25, 0.3) is 11.0 Å². The number of carbonyl (C=O) groups excluding carboxylic acids is 1. The number of para-hydroxylation sites is 2. The molecule has 6 nitrogen and oxygen atoms in total. The molecule has 0 radical (unpaired) electrons. The van der Waals surface area contributed by atoms with E-state index in [9.17, 15) is 4.79 Å². The molecule has 2 aromatic rings. The number of amides is 1. The number of rotatable bonds is 6. The molecule has 0 spiro atoms. The van der Waals surface area contributed by atoms with Crippen molar-refractivity contribution in [3.05, 3.63) is 24.3 Å². The fourth-order valence-corrected chi connectivity index (χ4v) is 4.14. The number of nitrogens with one attached hydrogen (secondary N) is 2. The first kappa shape index (κ1) is 17.3. The lowest BCUT2D eigenvalue weighted by molar-refractivity contribution is -0.125. The number of aromatic nitrogens is 2. The number of piperidine rings is 1. The quantitative estimate of drug-likeness (QED) is 0.781. The summed E-state index contributed by atoms with van der Waals surface area (Å²) in [7, 11) is 0. The van der Waals surface area contributed by atoms with Crippen molar-refractivity contribution in [1.29, 1.82) is 0 Å². The minimum Gasteiger partial charge on any atom is -0.356 e. The molecule has 4 rings (SSSR count). The lowest BCUT2D eigenvalue weighted by Crippen LogP contribution is -2.44. The van der Waals surface area contributed by atoms with Crippen molar-refractivity contribution in [2.75, 3.05) is 44.2 Å². The predicted octanol–water partition coefficient (Wildman–Crippen LogP) is 2.38. The van der Waals surface area contributed by atoms with Gasteiger partial charge in [-0.1, -0.05) is 12.1 Å². The number of nitrogens with zero attached hydrogens (tertiary/aromatic N) is 3. The zero-order valence-electron chi connectivity index (χ0n) is 15.4. The number of hydrogen-bond donors (Lipinski definition) is 2. The van der Waals surface area contributed by atoms with Crippen molar-refractivity contribution in [3.8, 4) is 0 Å². The average Bonchev–Trinajstić information content (AvgIpc) is 3.34. The van der Waals surface area contributed by atoms with Gasteiger partial charge in [0.25, 0.3) is 0 Å². The van der Waals surface area contributed by atoms with Gasteiger partial charge in [-0.3, -0.25) is 4.79 Å². The van der Waals surface area contributed by atoms with E-state index >= 15 is 0 Å². The van der Waals surface area contributed by atoms with Crippen molar-refractivity contribution >= 4 is 22.9 Å². The van der Waals surface area contributed by atoms with Crippen molar-refractivity contribution < 1.29 is 4.79 Å². The van der Waals surface area contributed by atoms with Gasteiger partial charge < -0.3 is 20.1 Å². The van der Waals surface area contributed by atoms with E-state index in [4.69, 9.17) is 0 Å². The first-order valence-corrected chi connectivity index (χ1v) is 9.99. The third-order valence-electron chi connectivity index (χ3n) is 5.62. The minimum absolute atomic E-state index is 0.0590. The van der Waals surface area contributed by atoms with Crippen LogP contribution in [0, 0.1) is 5.92 Å². The maximum Gasteiger partial charge on any atom is 0.224 e. The maximum absolute atomic E-state index is 12.6. The SMILES string of the molecule is O=C(NCCCN1CCCC1)C1CCCN(c2nc3ccccc3[nH]2)C1. The number of hydrogen-bond acceptors (Lipinski definition) is 4. The molecule has 3 heterocycles. The molecule has 2 aliphatic heterocycles. The normalized spacial score (nSPS) is 21.4. The molecule has 2 fully saturated rings. The standard InChI is InChI=1S/C20H29N5O/c26-19(21-10-6-13-24-11-3-4-12-24)16-7-5-14-25(15-16)20-22-17-8-1-2-9-18(17)23-20/h1-2,8-9,16H,3-7,10-15H2,(H,21,26)(H,22,23). The molecule has 1 aromatic heterocycles. The number of carbonyl (C=O) groups is 1. The Morgan fingerprint density at radius 2 is 2.04 bits per heavy atom. The molecule has 1 atom stereocenters. The van der Waals surface area contributed by atoms with Crippen molar-refractivity contribution in [2.24, 2.45) is 5.92 Å². The fourth-order valence-electron chi connectivity index (χ4n) is 4.14. The second-order valence-electron chi connectivity index (χ2n) is 7.56. The fraction of sp³-hybridized carbons (Fsp3) is 0.600. The van der Waals surface area contributed by atoms with Gasteiger partial charge in [0.2, 0.25) is 11.9 Å². The summed E-state index contributed by atoms with van der Waals surface area (Å²) in [6.45, 7) is 6.05. The average molecular weight is 355 g/mol. The Morgan fingerprint density at radius 1 is 1.19 bits per heavy atom. The van der Waals surface area contributed by atoms with Crippen LogP contribution in [0.2, 0.25) is 0 Å². The second kappa shape index (κ2) is 8.08. The van der Waals surface area contributed by atoms with E-state index in [1.54, 1.807) is 0 Å². The second-order valence-corrected chi connectivity index (χ2v) is 7.56. The summed E-state index contributed by atoms with van der Waals surface area (Å²) in [5.41, 5.74) is 2.03. The van der Waals surface area contributed by atoms with E-state index in [0.29, 0.717) is 0 Å². The van der Waals surface area contributed by atoms with Gasteiger partial charge in [-0.2, -0.15) is 0 Å². The molecule has 140 valence electrons. The van der Waals surface area contributed by atoms with Crippen LogP contribution in [0.1, 0.15) is 32.1 Å². The van der Waals surface area contributed by atoms with Crippen molar-refractivity contribution in [1.82, 2.24) is 20.2 Å². The van der Waals surface area contributed by atoms with Gasteiger partial charge in [-0.05, 0) is 63.9 Å². The van der Waals surface area contributed by atoms with E-state index in [0.717, 1.165) is 62.4 Å². The summed E-state index contributed by atoms with van der Waals surface area (Å²) < 4.78 is 0. The Morgan fingerprint density at radius 3 is 2.88 bits per heavy atom. The summed E-state index contributed by atoms with van der Waals surface area (Å²) in [4.78, 5) is 25.3. The topological polar surface area (TPSA) is 64.3 Å². The Kier molecular flexibility index (Phi) is 5.39. The third-order valence-corrected chi connectivity index (χ3v) is 5.62. The highest BCUT2D eigenvalue weighted by molar-refractivity contribution is 5.80. The largest absolute Gasteiger partial charge is 0.356 e. The molecular weight excluding hydrogens is 326 g/mol. The Labute approximate surface area is 155 Å². The van der Waals surface area contributed by atoms with Crippen LogP contribution in [0.4, 0.5) is 5.95 Å². The van der Waals surface area contributed by atoms with Gasteiger partial charge in [0.1, 0.15) is 0 Å². The van der Waals surface area contributed by atoms with Gasteiger partial charge in [0.05, 0.1) is 17.0 Å². The lowest BCUT2D eigenvalue weighted by Gasteiger charge is -2.31. The molecule has 2 saturated heterocycles. The summed E-state index contributed by atoms with van der Waals surface area (Å²) in [6.07, 6.45) is 5.70. The molecule has 1 amide bonds. The molecule has 0 bridgehead atoms. The molecule has 0 saturated carbocycles. The summed E-state index contributed by atoms with van der Waals surface area (Å²) in [5.74, 6) is 1.15. The number of fused-ring (bicyclic) bond motifs is 1. The number of benzene rings is 1. The van der Waals surface area contributed by atoms with Crippen LogP contribution >= 0.6 is 0 Å². The van der Waals surface area contributed by atoms with Gasteiger partial charge >= 0.3 is 0 Å². The number of likely N-dealkylation sites (tertiary alicyclic amines) is 1. The van der Waals surface area contributed by atoms with Gasteiger partial charge in [-0.15, -0.1) is 0 Å². The van der Waals surface area contributed by atoms with Crippen LogP contribution in [0.5, 0.6) is 0 Å². The third kappa shape index (κ3) is 4.01. The highest BCUT2D eigenvalue weighted by Gasteiger charge is 2.27. The molecule has 6 heteroatoms. The lowest BCUT2D eigenvalue weighted by atomic mass is 9.97. The van der Waals surface area contributed by atoms with E-state index < -0.39 is 0 Å². The number of aromatic amines is 1. The van der Waals surface area contributed by atoms with E-state index in [1.807, 2.05) is 24.3 Å². The van der Waals surface area contributed by atoms with Crippen LogP contribution in [0.3, 0.4) is 0 Å². The van der Waals surface area contributed by atoms with Crippen LogP contribution < -0.4 is 10.2 Å². The first-order valence-electron chi connectivity index (χ1n) is 9.99. The summed E-state index contributed by atoms with van der Waals surface area (Å²) >= 11 is 0. The molecule has 26 heavy (non-hydrogen) atoms. The monoisotopic (exact) mass is 355 g/mol. The Hall–Kier alpha value is -2.08. The zero-order chi connectivity index (χ0) is 17.8. The number of imidazole rings is 1. The van der Waals surface area contributed by atoms with Crippen molar-refractivity contribution in [3.63, 3.8) is 0 Å². The Balaban J connectivity index is 1.27. The molecule has 1 aromatic carbocycles. The predicted molar refractivity (Wildman–Crippen MR) is 104 cm³/mol. The molecule has 2 aliphatic rings. The van der Waals surface area contributed by atoms with Gasteiger partial charge in [0.15, 0.2) is 0 Å². The number of H-pyrrole nitrogens is 1. The van der Waals surface area contributed by atoms with Crippen LogP contribution in [-0.2, 0) is 4.79 Å². The minimum atomic E-state index is 0.0590. The van der Waals surface area contributed by atoms with Gasteiger partial charge in [-0.25, -0.2) is 4.98 Å². The highest BCUT2D eigenvalue weighted by atomic mass is 16.1. The first-order chi connectivity index (χ1) is 12.8. The molecule has 1 unspecified atom stereocenters. The van der Waals surface area contributed by atoms with Crippen LogP contribution in [-0.4, -0.2) is 60.0 Å². The summed E-state index contributed by atoms with van der Waals surface area (Å²) in [5, 5.41) is 3.15. The van der Waals surface area contributed by atoms with E-state index in [-0.39, 0.29) is 11.8 Å². The summed E-state index contributed by atoms with van der Waals surface area (Å²) in [6, 6.07) is 8.07. The molecule has 2 N–H and O–H groups in total. The Bertz CT molecular complexity index is 704. The molecular formula is C20H29N5O. The van der Waals surface area contributed by atoms with Crippen molar-refractivity contribution in [2.45, 2.75) is 32.1 Å². The highest BCUT2D eigenvalue weighted by Crippen LogP contribution is 2.23. The van der Waals surface area contributed by atoms with E-state index in [2.05, 4.69) is 25.1 Å². The zero-order valence-corrected chi connectivity index (χ0v) is 15.4. The van der Waals surface area contributed by atoms with Crippen LogP contribution in [0.15, 0.2) is 24.3 Å². The maximum atomic E-state index is 12.6. The molecule has 0 aliphatic carbocycles. The van der Waals surface area contributed by atoms with Gasteiger partial charge in [0, 0.05) is 19.6 Å².